The summed E-state index contributed by atoms with van der Waals surface area (Å²) < 4.78 is 10.6. The van der Waals surface area contributed by atoms with Crippen molar-refractivity contribution in [2.75, 3.05) is 19.0 Å². The Morgan fingerprint density at radius 3 is 2.44 bits per heavy atom. The van der Waals surface area contributed by atoms with Crippen LogP contribution in [0.1, 0.15) is 28.4 Å². The normalized spacial score (nSPS) is 16.9. The molecule has 1 heterocycles. The van der Waals surface area contributed by atoms with Gasteiger partial charge in [0.05, 0.1) is 6.54 Å². The van der Waals surface area contributed by atoms with Crippen LogP contribution in [0.25, 0.3) is 0 Å². The Balaban J connectivity index is 1.60. The van der Waals surface area contributed by atoms with E-state index in [1.165, 1.54) is 12.0 Å². The predicted octanol–water partition coefficient (Wildman–Crippen LogP) is 3.96. The Hall–Kier alpha value is -4.17. The van der Waals surface area contributed by atoms with E-state index in [0.717, 1.165) is 16.7 Å². The number of anilines is 1. The van der Waals surface area contributed by atoms with Crippen molar-refractivity contribution in [2.45, 2.75) is 32.2 Å². The number of hydrogen-bond acceptors (Lipinski definition) is 5. The molecule has 36 heavy (non-hydrogen) atoms. The molecular formula is C28H29N3O5. The van der Waals surface area contributed by atoms with E-state index in [2.05, 4.69) is 10.6 Å². The fourth-order valence-corrected chi connectivity index (χ4v) is 4.11. The van der Waals surface area contributed by atoms with Gasteiger partial charge in [0.2, 0.25) is 11.8 Å². The number of aryl methyl sites for hydroxylation is 1. The van der Waals surface area contributed by atoms with Crippen molar-refractivity contribution in [3.05, 3.63) is 101 Å². The minimum absolute atomic E-state index is 0.0858. The summed E-state index contributed by atoms with van der Waals surface area (Å²) in [6.07, 6.45) is -1.42. The van der Waals surface area contributed by atoms with E-state index in [-0.39, 0.29) is 25.0 Å². The predicted molar refractivity (Wildman–Crippen MR) is 135 cm³/mol. The standard InChI is InChI=1S/C28H29N3O5/c1-19-11-13-21(14-12-19)17-31-25(27(33)29-16-20-7-4-3-5-8-20)26(36-28(31)34)22-9-6-10-23(15-22)30-24(32)18-35-2/h3-15,25-26H,16-18H2,1-2H3,(H,29,33)(H,30,32). The van der Waals surface area contributed by atoms with Gasteiger partial charge in [0.15, 0.2) is 12.1 Å². The molecule has 2 atom stereocenters. The van der Waals surface area contributed by atoms with Gasteiger partial charge in [0, 0.05) is 19.3 Å². The summed E-state index contributed by atoms with van der Waals surface area (Å²) >= 11 is 0. The largest absolute Gasteiger partial charge is 0.438 e. The highest BCUT2D eigenvalue weighted by atomic mass is 16.6. The first-order valence-corrected chi connectivity index (χ1v) is 11.7. The van der Waals surface area contributed by atoms with Crippen LogP contribution in [0.5, 0.6) is 0 Å². The lowest BCUT2D eigenvalue weighted by Crippen LogP contribution is -2.46. The zero-order chi connectivity index (χ0) is 25.5. The monoisotopic (exact) mass is 487 g/mol. The number of amides is 3. The van der Waals surface area contributed by atoms with Crippen LogP contribution in [0, 0.1) is 6.92 Å². The van der Waals surface area contributed by atoms with Gasteiger partial charge in [0.1, 0.15) is 6.61 Å². The highest BCUT2D eigenvalue weighted by Gasteiger charge is 2.47. The molecule has 186 valence electrons. The Bertz CT molecular complexity index is 1210. The molecule has 1 saturated heterocycles. The molecular weight excluding hydrogens is 458 g/mol. The highest BCUT2D eigenvalue weighted by molar-refractivity contribution is 5.92. The smallest absolute Gasteiger partial charge is 0.411 e. The summed E-state index contributed by atoms with van der Waals surface area (Å²) in [7, 11) is 1.44. The van der Waals surface area contributed by atoms with Gasteiger partial charge < -0.3 is 20.1 Å². The molecule has 8 nitrogen and oxygen atoms in total. The molecule has 0 spiro atoms. The van der Waals surface area contributed by atoms with E-state index in [0.29, 0.717) is 17.8 Å². The van der Waals surface area contributed by atoms with Crippen LogP contribution in [-0.4, -0.2) is 42.6 Å². The van der Waals surface area contributed by atoms with Crippen LogP contribution >= 0.6 is 0 Å². The second-order valence-electron chi connectivity index (χ2n) is 8.67. The molecule has 2 unspecified atom stereocenters. The van der Waals surface area contributed by atoms with E-state index < -0.39 is 18.2 Å². The van der Waals surface area contributed by atoms with Crippen molar-refractivity contribution >= 4 is 23.6 Å². The zero-order valence-corrected chi connectivity index (χ0v) is 20.3. The maximum absolute atomic E-state index is 13.5. The Kier molecular flexibility index (Phi) is 7.97. The topological polar surface area (TPSA) is 97.0 Å². The summed E-state index contributed by atoms with van der Waals surface area (Å²) in [6, 6.07) is 23.4. The number of nitrogens with one attached hydrogen (secondary N) is 2. The van der Waals surface area contributed by atoms with Crippen molar-refractivity contribution in [3.8, 4) is 0 Å². The lowest BCUT2D eigenvalue weighted by Gasteiger charge is -2.24. The molecule has 0 bridgehead atoms. The second kappa shape index (κ2) is 11.5. The molecule has 3 aromatic carbocycles. The average Bonchev–Trinajstić information content (AvgIpc) is 3.20. The number of carbonyl (C=O) groups excluding carboxylic acids is 3. The van der Waals surface area contributed by atoms with Crippen LogP contribution in [0.3, 0.4) is 0 Å². The number of nitrogens with zero attached hydrogens (tertiary/aromatic N) is 1. The number of cyclic esters (lactones) is 1. The number of hydrogen-bond donors (Lipinski definition) is 2. The molecule has 3 amide bonds. The zero-order valence-electron chi connectivity index (χ0n) is 20.3. The Morgan fingerprint density at radius 1 is 0.972 bits per heavy atom. The Labute approximate surface area is 210 Å². The number of benzene rings is 3. The maximum Gasteiger partial charge on any atom is 0.411 e. The molecule has 1 fully saturated rings. The molecule has 0 saturated carbocycles. The highest BCUT2D eigenvalue weighted by Crippen LogP contribution is 2.35. The van der Waals surface area contributed by atoms with E-state index in [1.54, 1.807) is 24.3 Å². The summed E-state index contributed by atoms with van der Waals surface area (Å²) in [5.41, 5.74) is 4.06. The molecule has 0 radical (unpaired) electrons. The van der Waals surface area contributed by atoms with Crippen molar-refractivity contribution in [2.24, 2.45) is 0 Å². The fourth-order valence-electron chi connectivity index (χ4n) is 4.11. The maximum atomic E-state index is 13.5. The fraction of sp³-hybridized carbons (Fsp3) is 0.250. The van der Waals surface area contributed by atoms with Crippen molar-refractivity contribution in [1.29, 1.82) is 0 Å². The molecule has 0 aliphatic carbocycles. The van der Waals surface area contributed by atoms with Gasteiger partial charge in [-0.05, 0) is 35.7 Å². The van der Waals surface area contributed by atoms with Crippen LogP contribution < -0.4 is 10.6 Å². The van der Waals surface area contributed by atoms with Crippen LogP contribution in [-0.2, 0) is 32.2 Å². The lowest BCUT2D eigenvalue weighted by atomic mass is 10.00. The van der Waals surface area contributed by atoms with Crippen molar-refractivity contribution < 1.29 is 23.9 Å². The summed E-state index contributed by atoms with van der Waals surface area (Å²) in [4.78, 5) is 39.9. The summed E-state index contributed by atoms with van der Waals surface area (Å²) in [6.45, 7) is 2.45. The van der Waals surface area contributed by atoms with E-state index in [9.17, 15) is 14.4 Å². The van der Waals surface area contributed by atoms with Crippen LogP contribution in [0.2, 0.25) is 0 Å². The minimum Gasteiger partial charge on any atom is -0.438 e. The van der Waals surface area contributed by atoms with Gasteiger partial charge in [-0.15, -0.1) is 0 Å². The number of rotatable bonds is 9. The van der Waals surface area contributed by atoms with Gasteiger partial charge in [-0.25, -0.2) is 4.79 Å². The van der Waals surface area contributed by atoms with Gasteiger partial charge in [-0.1, -0.05) is 72.3 Å². The third-order valence-electron chi connectivity index (χ3n) is 5.91. The van der Waals surface area contributed by atoms with E-state index in [4.69, 9.17) is 9.47 Å². The molecule has 3 aromatic rings. The van der Waals surface area contributed by atoms with Gasteiger partial charge in [0.25, 0.3) is 0 Å². The van der Waals surface area contributed by atoms with Crippen molar-refractivity contribution in [3.63, 3.8) is 0 Å². The first-order chi connectivity index (χ1) is 17.4. The molecule has 8 heteroatoms. The number of carbonyl (C=O) groups is 3. The number of ether oxygens (including phenoxy) is 2. The summed E-state index contributed by atoms with van der Waals surface area (Å²) in [5, 5.41) is 5.70. The SMILES string of the molecule is COCC(=O)Nc1cccc(C2OC(=O)N(Cc3ccc(C)cc3)C2C(=O)NCc2ccccc2)c1. The van der Waals surface area contributed by atoms with Crippen LogP contribution in [0.4, 0.5) is 10.5 Å². The first-order valence-electron chi connectivity index (χ1n) is 11.7. The quantitative estimate of drug-likeness (QED) is 0.476. The van der Waals surface area contributed by atoms with E-state index in [1.807, 2.05) is 61.5 Å². The molecule has 4 rings (SSSR count). The van der Waals surface area contributed by atoms with Crippen LogP contribution in [0.15, 0.2) is 78.9 Å². The Morgan fingerprint density at radius 2 is 1.72 bits per heavy atom. The van der Waals surface area contributed by atoms with E-state index >= 15 is 0 Å². The third kappa shape index (κ3) is 6.09. The van der Waals surface area contributed by atoms with Gasteiger partial charge in [-0.2, -0.15) is 0 Å². The number of methoxy groups -OCH3 is 1. The van der Waals surface area contributed by atoms with Gasteiger partial charge in [-0.3, -0.25) is 14.5 Å². The first kappa shape index (κ1) is 24.9. The molecule has 2 N–H and O–H groups in total. The average molecular weight is 488 g/mol. The summed E-state index contributed by atoms with van der Waals surface area (Å²) in [5.74, 6) is -0.633. The lowest BCUT2D eigenvalue weighted by molar-refractivity contribution is -0.126. The van der Waals surface area contributed by atoms with Crippen molar-refractivity contribution in [1.82, 2.24) is 10.2 Å². The molecule has 0 aromatic heterocycles. The minimum atomic E-state index is -0.896. The molecule has 1 aliphatic heterocycles. The second-order valence-corrected chi connectivity index (χ2v) is 8.67. The molecule has 1 aliphatic rings. The third-order valence-corrected chi connectivity index (χ3v) is 5.91. The van der Waals surface area contributed by atoms with Gasteiger partial charge >= 0.3 is 6.09 Å².